The molecule has 2 heterocycles. The van der Waals surface area contributed by atoms with Crippen LogP contribution in [0.4, 0.5) is 0 Å². The lowest BCUT2D eigenvalue weighted by molar-refractivity contribution is -0.119. The van der Waals surface area contributed by atoms with Gasteiger partial charge in [0, 0.05) is 26.4 Å². The average Bonchev–Trinajstić information content (AvgIpc) is 2.64. The lowest BCUT2D eigenvalue weighted by atomic mass is 10.0. The first kappa shape index (κ1) is 9.74. The predicted molar refractivity (Wildman–Crippen MR) is 61.5 cm³/mol. The Morgan fingerprint density at radius 1 is 1.62 bits per heavy atom. The van der Waals surface area contributed by atoms with Gasteiger partial charge in [-0.15, -0.1) is 11.3 Å². The van der Waals surface area contributed by atoms with Gasteiger partial charge < -0.3 is 0 Å². The van der Waals surface area contributed by atoms with Gasteiger partial charge in [-0.2, -0.15) is 11.8 Å². The van der Waals surface area contributed by atoms with E-state index in [2.05, 4.69) is 27.4 Å². The van der Waals surface area contributed by atoms with Crippen molar-refractivity contribution in [1.29, 1.82) is 0 Å². The van der Waals surface area contributed by atoms with Crippen molar-refractivity contribution >= 4 is 44.8 Å². The topological polar surface area (TPSA) is 17.1 Å². The fourth-order valence-corrected chi connectivity index (χ4v) is 4.06. The van der Waals surface area contributed by atoms with E-state index in [-0.39, 0.29) is 5.92 Å². The maximum absolute atomic E-state index is 11.4. The Hall–Kier alpha value is 0.200. The molecule has 1 aliphatic rings. The van der Waals surface area contributed by atoms with Crippen LogP contribution in [0.1, 0.15) is 4.88 Å². The minimum atomic E-state index is 0.274. The summed E-state index contributed by atoms with van der Waals surface area (Å²) >= 11 is 6.91. The number of Topliss-reactive ketones (excluding diaryl/α,β-unsaturated/α-hetero) is 1. The maximum Gasteiger partial charge on any atom is 0.146 e. The summed E-state index contributed by atoms with van der Waals surface area (Å²) in [6, 6.07) is 2.11. The second kappa shape index (κ2) is 4.15. The lowest BCUT2D eigenvalue weighted by Crippen LogP contribution is -2.13. The molecule has 2 rings (SSSR count). The third-order valence-corrected chi connectivity index (χ3v) is 4.93. The van der Waals surface area contributed by atoms with Gasteiger partial charge in [-0.3, -0.25) is 4.79 Å². The first-order chi connectivity index (χ1) is 6.25. The number of carbonyl (C=O) groups is 1. The van der Waals surface area contributed by atoms with Crippen molar-refractivity contribution in [3.8, 4) is 0 Å². The largest absolute Gasteiger partial charge is 0.298 e. The smallest absolute Gasteiger partial charge is 0.146 e. The normalized spacial score (nSPS) is 22.5. The molecule has 0 radical (unpaired) electrons. The Kier molecular flexibility index (Phi) is 3.11. The summed E-state index contributed by atoms with van der Waals surface area (Å²) in [4.78, 5) is 12.7. The molecule has 0 aliphatic carbocycles. The average molecular weight is 277 g/mol. The third-order valence-electron chi connectivity index (χ3n) is 2.09. The van der Waals surface area contributed by atoms with Crippen molar-refractivity contribution in [3.63, 3.8) is 0 Å². The van der Waals surface area contributed by atoms with Crippen molar-refractivity contribution in [2.45, 2.75) is 6.42 Å². The molecule has 1 nitrogen and oxygen atoms in total. The Labute approximate surface area is 94.0 Å². The monoisotopic (exact) mass is 276 g/mol. The van der Waals surface area contributed by atoms with Gasteiger partial charge in [0.1, 0.15) is 5.78 Å². The van der Waals surface area contributed by atoms with Gasteiger partial charge >= 0.3 is 0 Å². The van der Waals surface area contributed by atoms with Crippen LogP contribution in [0.25, 0.3) is 0 Å². The lowest BCUT2D eigenvalue weighted by Gasteiger charge is -2.03. The van der Waals surface area contributed by atoms with Crippen LogP contribution < -0.4 is 0 Å². The second-order valence-electron chi connectivity index (χ2n) is 3.11. The zero-order chi connectivity index (χ0) is 9.26. The van der Waals surface area contributed by atoms with Gasteiger partial charge in [0.15, 0.2) is 0 Å². The number of carbonyl (C=O) groups excluding carboxylic acids is 1. The summed E-state index contributed by atoms with van der Waals surface area (Å²) in [6.45, 7) is 0. The van der Waals surface area contributed by atoms with Crippen LogP contribution >= 0.6 is 39.0 Å². The zero-order valence-corrected chi connectivity index (χ0v) is 10.2. The molecule has 0 spiro atoms. The Morgan fingerprint density at radius 3 is 3.00 bits per heavy atom. The molecule has 1 aromatic heterocycles. The molecule has 0 saturated carbocycles. The van der Waals surface area contributed by atoms with Crippen LogP contribution in [-0.4, -0.2) is 17.3 Å². The van der Waals surface area contributed by atoms with Crippen LogP contribution in [0.2, 0.25) is 0 Å². The highest BCUT2D eigenvalue weighted by atomic mass is 79.9. The van der Waals surface area contributed by atoms with E-state index < -0.39 is 0 Å². The Bertz CT molecular complexity index is 321. The van der Waals surface area contributed by atoms with E-state index in [0.717, 1.165) is 22.4 Å². The highest BCUT2D eigenvalue weighted by molar-refractivity contribution is 9.10. The fraction of sp³-hybridized carbons (Fsp3) is 0.444. The summed E-state index contributed by atoms with van der Waals surface area (Å²) in [5.41, 5.74) is 0. The molecule has 4 heteroatoms. The van der Waals surface area contributed by atoms with Crippen LogP contribution in [0.15, 0.2) is 15.9 Å². The molecule has 1 saturated heterocycles. The molecule has 0 bridgehead atoms. The SMILES string of the molecule is O=C1CSCC1Cc1cc(Br)cs1. The van der Waals surface area contributed by atoms with Crippen molar-refractivity contribution < 1.29 is 4.79 Å². The van der Waals surface area contributed by atoms with Crippen LogP contribution in [0.5, 0.6) is 0 Å². The minimum Gasteiger partial charge on any atom is -0.298 e. The van der Waals surface area contributed by atoms with E-state index in [9.17, 15) is 4.79 Å². The van der Waals surface area contributed by atoms with E-state index in [1.54, 1.807) is 23.1 Å². The van der Waals surface area contributed by atoms with E-state index in [4.69, 9.17) is 0 Å². The number of thioether (sulfide) groups is 1. The molecule has 0 amide bonds. The molecular weight excluding hydrogens is 268 g/mol. The number of hydrogen-bond acceptors (Lipinski definition) is 3. The van der Waals surface area contributed by atoms with Crippen molar-refractivity contribution in [1.82, 2.24) is 0 Å². The van der Waals surface area contributed by atoms with E-state index in [1.165, 1.54) is 4.88 Å². The standard InChI is InChI=1S/C9H9BrOS2/c10-7-2-8(13-4-7)1-6-3-12-5-9(6)11/h2,4,6H,1,3,5H2. The number of halogens is 1. The summed E-state index contributed by atoms with van der Waals surface area (Å²) in [5, 5.41) is 2.07. The molecule has 1 aromatic rings. The Morgan fingerprint density at radius 2 is 2.46 bits per heavy atom. The predicted octanol–water partition coefficient (Wildman–Crippen LogP) is 2.99. The fourth-order valence-electron chi connectivity index (χ4n) is 1.39. The summed E-state index contributed by atoms with van der Waals surface area (Å²) in [7, 11) is 0. The van der Waals surface area contributed by atoms with E-state index in [0.29, 0.717) is 5.78 Å². The number of ketones is 1. The maximum atomic E-state index is 11.4. The van der Waals surface area contributed by atoms with Crippen molar-refractivity contribution in [2.24, 2.45) is 5.92 Å². The van der Waals surface area contributed by atoms with Gasteiger partial charge in [-0.25, -0.2) is 0 Å². The van der Waals surface area contributed by atoms with Gasteiger partial charge in [0.25, 0.3) is 0 Å². The quantitative estimate of drug-likeness (QED) is 0.826. The van der Waals surface area contributed by atoms with E-state index >= 15 is 0 Å². The van der Waals surface area contributed by atoms with Crippen LogP contribution in [0, 0.1) is 5.92 Å². The van der Waals surface area contributed by atoms with Crippen LogP contribution in [0.3, 0.4) is 0 Å². The number of hydrogen-bond donors (Lipinski definition) is 0. The molecule has 70 valence electrons. The summed E-state index contributed by atoms with van der Waals surface area (Å²) in [5.74, 6) is 2.43. The zero-order valence-electron chi connectivity index (χ0n) is 6.96. The highest BCUT2D eigenvalue weighted by Gasteiger charge is 2.25. The highest BCUT2D eigenvalue weighted by Crippen LogP contribution is 2.27. The molecule has 0 aromatic carbocycles. The second-order valence-corrected chi connectivity index (χ2v) is 6.06. The van der Waals surface area contributed by atoms with Crippen molar-refractivity contribution in [2.75, 3.05) is 11.5 Å². The molecule has 13 heavy (non-hydrogen) atoms. The van der Waals surface area contributed by atoms with Gasteiger partial charge in [0.2, 0.25) is 0 Å². The van der Waals surface area contributed by atoms with Gasteiger partial charge in [-0.1, -0.05) is 0 Å². The molecule has 1 aliphatic heterocycles. The summed E-state index contributed by atoms with van der Waals surface area (Å²) in [6.07, 6.45) is 0.933. The number of thiophene rings is 1. The molecular formula is C9H9BrOS2. The van der Waals surface area contributed by atoms with E-state index in [1.807, 2.05) is 0 Å². The molecule has 1 unspecified atom stereocenters. The molecule has 1 fully saturated rings. The minimum absolute atomic E-state index is 0.274. The van der Waals surface area contributed by atoms with Gasteiger partial charge in [-0.05, 0) is 28.4 Å². The van der Waals surface area contributed by atoms with Crippen molar-refractivity contribution in [3.05, 3.63) is 20.8 Å². The first-order valence-corrected chi connectivity index (χ1v) is 6.92. The molecule has 0 N–H and O–H groups in total. The van der Waals surface area contributed by atoms with Gasteiger partial charge in [0.05, 0.1) is 5.75 Å². The third kappa shape index (κ3) is 2.36. The Balaban J connectivity index is 2.01. The first-order valence-electron chi connectivity index (χ1n) is 4.09. The number of rotatable bonds is 2. The molecule has 1 atom stereocenters. The summed E-state index contributed by atoms with van der Waals surface area (Å²) < 4.78 is 1.13. The van der Waals surface area contributed by atoms with Crippen LogP contribution in [-0.2, 0) is 11.2 Å².